The fraction of sp³-hybridized carbons (Fsp3) is 0.250. The molecule has 2 aromatic carbocycles. The molecule has 0 spiro atoms. The first-order chi connectivity index (χ1) is 11.9. The quantitative estimate of drug-likeness (QED) is 0.592. The number of nitrogens with zero attached hydrogens (tertiary/aromatic N) is 1. The van der Waals surface area contributed by atoms with Gasteiger partial charge in [-0.1, -0.05) is 42.5 Å². The second-order valence-electron chi connectivity index (χ2n) is 6.08. The van der Waals surface area contributed by atoms with Crippen LogP contribution in [0.5, 0.6) is 0 Å². The van der Waals surface area contributed by atoms with Crippen molar-refractivity contribution in [2.45, 2.75) is 32.7 Å². The van der Waals surface area contributed by atoms with E-state index >= 15 is 0 Å². The summed E-state index contributed by atoms with van der Waals surface area (Å²) in [7, 11) is 0. The number of aromatic nitrogens is 1. The van der Waals surface area contributed by atoms with Crippen molar-refractivity contribution in [1.82, 2.24) is 4.98 Å². The molecule has 3 aromatic rings. The van der Waals surface area contributed by atoms with Crippen molar-refractivity contribution in [1.29, 1.82) is 0 Å². The van der Waals surface area contributed by atoms with E-state index in [1.807, 2.05) is 44.2 Å². The summed E-state index contributed by atoms with van der Waals surface area (Å²) in [6.07, 6.45) is -2.94. The van der Waals surface area contributed by atoms with Crippen molar-refractivity contribution >= 4 is 10.9 Å². The number of fused-ring (bicyclic) bond motifs is 1. The lowest BCUT2D eigenvalue weighted by molar-refractivity contribution is -0.136. The Hall–Kier alpha value is -2.40. The highest BCUT2D eigenvalue weighted by Gasteiger charge is 2.33. The number of para-hydroxylation sites is 1. The smallest absolute Gasteiger partial charge is 0.374 e. The minimum atomic E-state index is -4.45. The van der Waals surface area contributed by atoms with Crippen LogP contribution in [0.15, 0.2) is 54.7 Å². The van der Waals surface area contributed by atoms with E-state index < -0.39 is 11.7 Å². The van der Waals surface area contributed by atoms with Crippen LogP contribution in [0.2, 0.25) is 0 Å². The van der Waals surface area contributed by atoms with Crippen molar-refractivity contribution in [3.8, 4) is 11.1 Å². The van der Waals surface area contributed by atoms with Crippen LogP contribution < -0.4 is 0 Å². The third kappa shape index (κ3) is 3.66. The van der Waals surface area contributed by atoms with E-state index in [1.165, 1.54) is 12.3 Å². The molecular weight excluding hydrogens is 327 g/mol. The van der Waals surface area contributed by atoms with Gasteiger partial charge in [-0.05, 0) is 31.0 Å². The Labute approximate surface area is 144 Å². The fourth-order valence-corrected chi connectivity index (χ4v) is 2.80. The minimum absolute atomic E-state index is 0.0147. The first kappa shape index (κ1) is 17.4. The van der Waals surface area contributed by atoms with E-state index in [0.29, 0.717) is 12.0 Å². The van der Waals surface area contributed by atoms with Crippen LogP contribution >= 0.6 is 0 Å². The SMILES string of the molecule is CC(C)OCc1cnc2c(C(F)(F)F)cccc2c1-c1ccccc1. The molecule has 0 fully saturated rings. The number of rotatable bonds is 4. The summed E-state index contributed by atoms with van der Waals surface area (Å²) < 4.78 is 45.7. The maximum Gasteiger partial charge on any atom is 0.418 e. The lowest BCUT2D eigenvalue weighted by atomic mass is 9.95. The van der Waals surface area contributed by atoms with Crippen LogP contribution in [0.25, 0.3) is 22.0 Å². The Balaban J connectivity index is 2.27. The number of benzene rings is 2. The lowest BCUT2D eigenvalue weighted by Gasteiger charge is -2.17. The van der Waals surface area contributed by atoms with Crippen LogP contribution in [-0.2, 0) is 17.5 Å². The Bertz CT molecular complexity index is 873. The van der Waals surface area contributed by atoms with E-state index in [9.17, 15) is 13.2 Å². The van der Waals surface area contributed by atoms with Crippen molar-refractivity contribution < 1.29 is 17.9 Å². The predicted molar refractivity (Wildman–Crippen MR) is 92.1 cm³/mol. The van der Waals surface area contributed by atoms with Crippen molar-refractivity contribution in [3.63, 3.8) is 0 Å². The van der Waals surface area contributed by atoms with E-state index in [-0.39, 0.29) is 11.6 Å². The Kier molecular flexibility index (Phi) is 4.77. The van der Waals surface area contributed by atoms with Gasteiger partial charge in [-0.15, -0.1) is 0 Å². The maximum absolute atomic E-state index is 13.3. The zero-order valence-corrected chi connectivity index (χ0v) is 14.0. The topological polar surface area (TPSA) is 22.1 Å². The monoisotopic (exact) mass is 345 g/mol. The van der Waals surface area contributed by atoms with Gasteiger partial charge in [0.1, 0.15) is 0 Å². The second kappa shape index (κ2) is 6.84. The highest BCUT2D eigenvalue weighted by Crippen LogP contribution is 2.38. The van der Waals surface area contributed by atoms with Gasteiger partial charge in [0.2, 0.25) is 0 Å². The Morgan fingerprint density at radius 1 is 1.00 bits per heavy atom. The molecule has 0 N–H and O–H groups in total. The van der Waals surface area contributed by atoms with Gasteiger partial charge in [0.25, 0.3) is 0 Å². The van der Waals surface area contributed by atoms with Crippen LogP contribution in [0.1, 0.15) is 25.0 Å². The third-order valence-corrected chi connectivity index (χ3v) is 3.92. The molecule has 2 nitrogen and oxygen atoms in total. The standard InChI is InChI=1S/C20H18F3NO/c1-13(2)25-12-15-11-24-19-16(9-6-10-17(19)20(21,22)23)18(15)14-7-4-3-5-8-14/h3-11,13H,12H2,1-2H3. The van der Waals surface area contributed by atoms with E-state index in [4.69, 9.17) is 4.74 Å². The van der Waals surface area contributed by atoms with Gasteiger partial charge in [0.05, 0.1) is 23.8 Å². The number of hydrogen-bond acceptors (Lipinski definition) is 2. The summed E-state index contributed by atoms with van der Waals surface area (Å²) >= 11 is 0. The largest absolute Gasteiger partial charge is 0.418 e. The highest BCUT2D eigenvalue weighted by molar-refractivity contribution is 5.97. The summed E-state index contributed by atoms with van der Waals surface area (Å²) in [5.41, 5.74) is 1.58. The molecule has 0 aliphatic heterocycles. The molecule has 1 aromatic heterocycles. The maximum atomic E-state index is 13.3. The molecule has 0 aliphatic rings. The van der Waals surface area contributed by atoms with Gasteiger partial charge in [-0.25, -0.2) is 0 Å². The first-order valence-electron chi connectivity index (χ1n) is 8.02. The highest BCUT2D eigenvalue weighted by atomic mass is 19.4. The number of alkyl halides is 3. The summed E-state index contributed by atoms with van der Waals surface area (Å²) in [5.74, 6) is 0. The lowest BCUT2D eigenvalue weighted by Crippen LogP contribution is -2.08. The molecule has 25 heavy (non-hydrogen) atoms. The molecule has 130 valence electrons. The number of halogens is 3. The number of pyridine rings is 1. The molecule has 1 heterocycles. The minimum Gasteiger partial charge on any atom is -0.374 e. The van der Waals surface area contributed by atoms with Crippen LogP contribution in [-0.4, -0.2) is 11.1 Å². The molecule has 3 rings (SSSR count). The molecule has 0 aliphatic carbocycles. The zero-order chi connectivity index (χ0) is 18.0. The molecule has 0 atom stereocenters. The second-order valence-corrected chi connectivity index (χ2v) is 6.08. The molecule has 0 unspecified atom stereocenters. The number of ether oxygens (including phenoxy) is 1. The first-order valence-corrected chi connectivity index (χ1v) is 8.02. The van der Waals surface area contributed by atoms with Crippen molar-refractivity contribution in [2.75, 3.05) is 0 Å². The van der Waals surface area contributed by atoms with Crippen molar-refractivity contribution in [3.05, 3.63) is 65.9 Å². The molecule has 0 saturated heterocycles. The van der Waals surface area contributed by atoms with E-state index in [2.05, 4.69) is 4.98 Å². The third-order valence-electron chi connectivity index (χ3n) is 3.92. The predicted octanol–water partition coefficient (Wildman–Crippen LogP) is 5.85. The molecule has 0 saturated carbocycles. The van der Waals surface area contributed by atoms with Crippen LogP contribution in [0.4, 0.5) is 13.2 Å². The zero-order valence-electron chi connectivity index (χ0n) is 14.0. The van der Waals surface area contributed by atoms with Gasteiger partial charge < -0.3 is 4.74 Å². The number of hydrogen-bond donors (Lipinski definition) is 0. The van der Waals surface area contributed by atoms with Gasteiger partial charge in [0, 0.05) is 17.1 Å². The summed E-state index contributed by atoms with van der Waals surface area (Å²) in [6.45, 7) is 4.12. The Morgan fingerprint density at radius 3 is 2.36 bits per heavy atom. The molecule has 0 radical (unpaired) electrons. The van der Waals surface area contributed by atoms with E-state index in [0.717, 1.165) is 22.8 Å². The molecule has 5 heteroatoms. The van der Waals surface area contributed by atoms with Gasteiger partial charge >= 0.3 is 6.18 Å². The van der Waals surface area contributed by atoms with Crippen molar-refractivity contribution in [2.24, 2.45) is 0 Å². The normalized spacial score (nSPS) is 12.1. The fourth-order valence-electron chi connectivity index (χ4n) is 2.80. The average molecular weight is 345 g/mol. The molecular formula is C20H18F3NO. The van der Waals surface area contributed by atoms with Gasteiger partial charge in [-0.2, -0.15) is 13.2 Å². The average Bonchev–Trinajstić information content (AvgIpc) is 2.58. The van der Waals surface area contributed by atoms with E-state index in [1.54, 1.807) is 6.07 Å². The Morgan fingerprint density at radius 2 is 1.72 bits per heavy atom. The van der Waals surface area contributed by atoms with Crippen LogP contribution in [0.3, 0.4) is 0 Å². The summed E-state index contributed by atoms with van der Waals surface area (Å²) in [6, 6.07) is 13.5. The summed E-state index contributed by atoms with van der Waals surface area (Å²) in [5, 5.41) is 0.478. The van der Waals surface area contributed by atoms with Gasteiger partial charge in [-0.3, -0.25) is 4.98 Å². The van der Waals surface area contributed by atoms with Crippen LogP contribution in [0, 0.1) is 0 Å². The molecule has 0 bridgehead atoms. The van der Waals surface area contributed by atoms with Gasteiger partial charge in [0.15, 0.2) is 0 Å². The summed E-state index contributed by atoms with van der Waals surface area (Å²) in [4.78, 5) is 4.11. The molecule has 0 amide bonds.